The zero-order chi connectivity index (χ0) is 25.5. The predicted octanol–water partition coefficient (Wildman–Crippen LogP) is 1.89. The van der Waals surface area contributed by atoms with E-state index in [-0.39, 0.29) is 27.3 Å². The number of rotatable bonds is 1. The Morgan fingerprint density at radius 1 is 0.706 bits per heavy atom. The zero-order valence-corrected chi connectivity index (χ0v) is 19.9. The number of halogens is 3. The minimum Gasteiger partial charge on any atom is -0.870 e. The van der Waals surface area contributed by atoms with Gasteiger partial charge in [0.25, 0.3) is 0 Å². The van der Waals surface area contributed by atoms with Crippen LogP contribution in [0, 0.1) is 20.0 Å². The van der Waals surface area contributed by atoms with Gasteiger partial charge in [0.05, 0.1) is 0 Å². The van der Waals surface area contributed by atoms with Gasteiger partial charge in [0, 0.05) is 57.6 Å². The second-order valence-corrected chi connectivity index (χ2v) is 5.44. The van der Waals surface area contributed by atoms with Gasteiger partial charge in [0.2, 0.25) is 0 Å². The maximum atomic E-state index is 10.7. The summed E-state index contributed by atoms with van der Waals surface area (Å²) >= 11 is 0. The van der Waals surface area contributed by atoms with Crippen LogP contribution in [0.2, 0.25) is 0 Å². The summed E-state index contributed by atoms with van der Waals surface area (Å²) in [5.41, 5.74) is -5.65. The first-order valence-corrected chi connectivity index (χ1v) is 8.65. The van der Waals surface area contributed by atoms with Gasteiger partial charge in [-0.15, -0.1) is 0 Å². The van der Waals surface area contributed by atoms with E-state index < -0.39 is 15.6 Å². The number of aromatic nitrogens is 5. The van der Waals surface area contributed by atoms with E-state index >= 15 is 0 Å². The molecule has 0 saturated carbocycles. The topological polar surface area (TPSA) is 211 Å². The first-order chi connectivity index (χ1) is 15.2. The van der Waals surface area contributed by atoms with Gasteiger partial charge in [-0.2, -0.15) is 13.2 Å². The van der Waals surface area contributed by atoms with Crippen LogP contribution in [0.25, 0.3) is 11.6 Å². The summed E-state index contributed by atoms with van der Waals surface area (Å²) in [6.07, 6.45) is 10.2. The molecule has 0 saturated heterocycles. The summed E-state index contributed by atoms with van der Waals surface area (Å²) in [5.74, 6) is 1.11. The van der Waals surface area contributed by atoms with E-state index in [1.165, 1.54) is 0 Å². The fourth-order valence-corrected chi connectivity index (χ4v) is 1.14. The Kier molecular flexibility index (Phi) is 31.6. The van der Waals surface area contributed by atoms with Crippen LogP contribution in [0.4, 0.5) is 13.2 Å². The van der Waals surface area contributed by atoms with Gasteiger partial charge in [-0.25, -0.2) is 28.4 Å². The maximum Gasteiger partial charge on any atom is 1.00 e. The van der Waals surface area contributed by atoms with E-state index in [2.05, 4.69) is 44.9 Å². The Balaban J connectivity index is -0.0000000814. The van der Waals surface area contributed by atoms with Crippen LogP contribution < -0.4 is 0 Å². The van der Waals surface area contributed by atoms with Gasteiger partial charge < -0.3 is 10.0 Å². The van der Waals surface area contributed by atoms with E-state index in [9.17, 15) is 13.2 Å². The first kappa shape index (κ1) is 41.1. The fourth-order valence-electron chi connectivity index (χ4n) is 1.14. The molecule has 0 bridgehead atoms. The quantitative estimate of drug-likeness (QED) is 0.159. The van der Waals surface area contributed by atoms with Gasteiger partial charge in [-0.1, -0.05) is 6.07 Å². The molecule has 0 aliphatic carbocycles. The molecule has 0 aromatic carbocycles. The molecule has 1 radical (unpaired) electrons. The van der Waals surface area contributed by atoms with Gasteiger partial charge in [0.1, 0.15) is 0 Å². The van der Waals surface area contributed by atoms with E-state index in [0.29, 0.717) is 11.6 Å². The molecule has 0 aliphatic rings. The molecule has 3 rings (SSSR count). The second kappa shape index (κ2) is 26.1. The average molecular weight is 675 g/mol. The molecular formula is C17H13F3N5O7ReS-. The Labute approximate surface area is 207 Å². The third kappa shape index (κ3) is 22.1. The van der Waals surface area contributed by atoms with Crippen LogP contribution >= 0.6 is 0 Å². The molecule has 3 aromatic heterocycles. The van der Waals surface area contributed by atoms with Gasteiger partial charge in [-0.3, -0.25) is 4.98 Å². The van der Waals surface area contributed by atoms with Crippen LogP contribution in [0.3, 0.4) is 0 Å². The molecule has 3 aromatic rings. The van der Waals surface area contributed by atoms with Crippen molar-refractivity contribution in [2.45, 2.75) is 5.51 Å². The number of hydrogen-bond donors (Lipinski definition) is 0. The first-order valence-electron chi connectivity index (χ1n) is 7.24. The molecule has 0 fully saturated rings. The largest absolute Gasteiger partial charge is 1.00 e. The zero-order valence-electron chi connectivity index (χ0n) is 17.4. The predicted molar refractivity (Wildman–Crippen MR) is 97.9 cm³/mol. The van der Waals surface area contributed by atoms with Crippen LogP contribution in [-0.2, 0) is 44.5 Å². The van der Waals surface area contributed by atoms with Crippen molar-refractivity contribution >= 4 is 10.1 Å². The number of nitrogens with zero attached hydrogens (tertiary/aromatic N) is 5. The smallest absolute Gasteiger partial charge is 0.870 e. The molecule has 12 nitrogen and oxygen atoms in total. The molecule has 0 unspecified atom stereocenters. The van der Waals surface area contributed by atoms with Gasteiger partial charge in [-0.05, 0) is 24.3 Å². The molecule has 0 atom stereocenters. The molecule has 0 aliphatic heterocycles. The van der Waals surface area contributed by atoms with Crippen molar-refractivity contribution in [1.29, 1.82) is 0 Å². The monoisotopic (exact) mass is 675 g/mol. The summed E-state index contributed by atoms with van der Waals surface area (Å²) in [6.45, 7) is 13.5. The van der Waals surface area contributed by atoms with E-state index in [1.807, 2.05) is 18.2 Å². The standard InChI is InChI=1S/C8H6N4.C5H5N.CHF3O3S.3CO.H2O.Re/c1-3-9-7(10-4-1)8-11-5-2-6-12-8;1-2-4-6-5-3-1;2-1(3,4)8(5,6)7;3*1-2;;/h1-6H;1-5H;(H,5,6,7);;;;1H2;/p-1. The van der Waals surface area contributed by atoms with Crippen molar-refractivity contribution in [3.05, 3.63) is 87.5 Å². The molecule has 183 valence electrons. The normalized spacial score (nSPS) is 8.29. The molecule has 0 amide bonds. The molecule has 34 heavy (non-hydrogen) atoms. The van der Waals surface area contributed by atoms with Crippen molar-refractivity contribution in [3.8, 4) is 11.6 Å². The van der Waals surface area contributed by atoms with Crippen molar-refractivity contribution in [2.75, 3.05) is 0 Å². The number of pyridine rings is 1. The number of hydrogen-bond acceptors (Lipinski definition) is 9. The molecule has 1 N–H and O–H groups in total. The van der Waals surface area contributed by atoms with Gasteiger partial charge in [0.15, 0.2) is 21.8 Å². The van der Waals surface area contributed by atoms with E-state index in [0.717, 1.165) is 0 Å². The van der Waals surface area contributed by atoms with E-state index in [1.54, 1.807) is 49.3 Å². The third-order valence-electron chi connectivity index (χ3n) is 2.18. The Hall–Kier alpha value is -3.15. The summed E-state index contributed by atoms with van der Waals surface area (Å²) in [4.78, 5) is 19.8. The molecular weight excluding hydrogens is 661 g/mol. The SMILES string of the molecule is O=S(=O)([O-])C(F)(F)F.[C-]#[O+].[C-]#[O+].[C-]#[O+].[H+].[OH-].[Re].c1ccncc1.c1cnc(-c2ncccn2)nc1. The second-order valence-electron chi connectivity index (χ2n) is 4.07. The molecule has 17 heteroatoms. The van der Waals surface area contributed by atoms with Crippen LogP contribution in [0.1, 0.15) is 1.43 Å². The molecule has 0 spiro atoms. The van der Waals surface area contributed by atoms with Crippen molar-refractivity contribution in [3.63, 3.8) is 0 Å². The van der Waals surface area contributed by atoms with E-state index in [4.69, 9.17) is 26.9 Å². The summed E-state index contributed by atoms with van der Waals surface area (Å²) < 4.78 is 81.4. The Bertz CT molecular complexity index is 924. The Morgan fingerprint density at radius 3 is 1.12 bits per heavy atom. The number of alkyl halides is 3. The summed E-state index contributed by atoms with van der Waals surface area (Å²) in [6, 6.07) is 9.23. The van der Waals surface area contributed by atoms with Gasteiger partial charge >= 0.3 is 40.8 Å². The van der Waals surface area contributed by atoms with Crippen LogP contribution in [0.15, 0.2) is 67.5 Å². The third-order valence-corrected chi connectivity index (χ3v) is 2.75. The maximum absolute atomic E-state index is 10.7. The average Bonchev–Trinajstić information content (AvgIpc) is 2.85. The Morgan fingerprint density at radius 2 is 0.971 bits per heavy atom. The fraction of sp³-hybridized carbons (Fsp3) is 0.0588. The minimum absolute atomic E-state index is 0. The van der Waals surface area contributed by atoms with Crippen molar-refractivity contribution in [2.24, 2.45) is 0 Å². The van der Waals surface area contributed by atoms with Crippen LogP contribution in [-0.4, -0.2) is 48.9 Å². The van der Waals surface area contributed by atoms with Crippen LogP contribution in [0.5, 0.6) is 0 Å². The summed E-state index contributed by atoms with van der Waals surface area (Å²) in [5, 5.41) is 0. The van der Waals surface area contributed by atoms with Crippen molar-refractivity contribution in [1.82, 2.24) is 24.9 Å². The minimum atomic E-state index is -6.09. The summed E-state index contributed by atoms with van der Waals surface area (Å²) in [7, 11) is -6.09. The molecule has 3 heterocycles. The van der Waals surface area contributed by atoms with Crippen molar-refractivity contribution < 1.29 is 67.4 Å².